The van der Waals surface area contributed by atoms with Crippen molar-refractivity contribution in [1.29, 1.82) is 0 Å². The first-order valence-electron chi connectivity index (χ1n) is 6.29. The minimum atomic E-state index is -3.89. The molecular weight excluding hydrogens is 308 g/mol. The number of benzene rings is 1. The lowest BCUT2D eigenvalue weighted by Gasteiger charge is -2.13. The predicted molar refractivity (Wildman–Crippen MR) is 82.0 cm³/mol. The first-order valence-corrected chi connectivity index (χ1v) is 7.77. The number of anilines is 1. The number of hydrogen-bond acceptors (Lipinski definition) is 5. The second-order valence-corrected chi connectivity index (χ2v) is 6.14. The lowest BCUT2D eigenvalue weighted by atomic mass is 10.3. The van der Waals surface area contributed by atoms with Crippen molar-refractivity contribution >= 4 is 15.7 Å². The Labute approximate surface area is 128 Å². The van der Waals surface area contributed by atoms with E-state index in [2.05, 4.69) is 4.72 Å². The number of rotatable bonds is 5. The Hall–Kier alpha value is -2.48. The van der Waals surface area contributed by atoms with Gasteiger partial charge in [0.05, 0.1) is 19.9 Å². The fourth-order valence-corrected chi connectivity index (χ4v) is 3.09. The second-order valence-electron chi connectivity index (χ2n) is 4.49. The van der Waals surface area contributed by atoms with Crippen LogP contribution in [0.1, 0.15) is 0 Å². The van der Waals surface area contributed by atoms with E-state index in [9.17, 15) is 13.2 Å². The van der Waals surface area contributed by atoms with Crippen LogP contribution in [0.4, 0.5) is 5.69 Å². The van der Waals surface area contributed by atoms with Gasteiger partial charge in [-0.3, -0.25) is 9.52 Å². The maximum absolute atomic E-state index is 12.5. The highest BCUT2D eigenvalue weighted by molar-refractivity contribution is 7.92. The maximum atomic E-state index is 12.5. The quantitative estimate of drug-likeness (QED) is 0.893. The van der Waals surface area contributed by atoms with E-state index in [4.69, 9.17) is 9.47 Å². The molecule has 0 aliphatic carbocycles. The number of ether oxygens (including phenoxy) is 2. The zero-order chi connectivity index (χ0) is 16.3. The van der Waals surface area contributed by atoms with Gasteiger partial charge in [-0.1, -0.05) is 0 Å². The van der Waals surface area contributed by atoms with Crippen LogP contribution in [-0.2, 0) is 17.1 Å². The van der Waals surface area contributed by atoms with Gasteiger partial charge in [0.25, 0.3) is 10.0 Å². The monoisotopic (exact) mass is 324 g/mol. The Bertz CT molecular complexity index is 843. The zero-order valence-corrected chi connectivity index (χ0v) is 13.2. The molecule has 0 saturated carbocycles. The molecule has 2 rings (SSSR count). The molecule has 0 bridgehead atoms. The Kier molecular flexibility index (Phi) is 4.41. The van der Waals surface area contributed by atoms with Gasteiger partial charge in [0.2, 0.25) is 5.56 Å². The smallest absolute Gasteiger partial charge is 0.265 e. The second kappa shape index (κ2) is 6.10. The normalized spacial score (nSPS) is 11.0. The predicted octanol–water partition coefficient (Wildman–Crippen LogP) is 1.20. The lowest BCUT2D eigenvalue weighted by Crippen LogP contribution is -2.18. The third-order valence-corrected chi connectivity index (χ3v) is 4.40. The molecular formula is C14H16N2O5S. The standard InChI is InChI=1S/C14H16N2O5S/c1-16-9-10(4-7-14(16)17)15-22(18,19)13-8-11(20-2)5-6-12(13)21-3/h4-9,15H,1-3H3. The molecule has 0 atom stereocenters. The van der Waals surface area contributed by atoms with Crippen LogP contribution in [0.2, 0.25) is 0 Å². The lowest BCUT2D eigenvalue weighted by molar-refractivity contribution is 0.392. The summed E-state index contributed by atoms with van der Waals surface area (Å²) >= 11 is 0. The molecule has 7 nitrogen and oxygen atoms in total. The summed E-state index contributed by atoms with van der Waals surface area (Å²) in [6, 6.07) is 7.15. The fourth-order valence-electron chi connectivity index (χ4n) is 1.86. The van der Waals surface area contributed by atoms with Gasteiger partial charge in [0.15, 0.2) is 0 Å². The van der Waals surface area contributed by atoms with Crippen molar-refractivity contribution in [1.82, 2.24) is 4.57 Å². The third-order valence-electron chi connectivity index (χ3n) is 3.00. The Morgan fingerprint density at radius 1 is 1.09 bits per heavy atom. The number of aromatic nitrogens is 1. The molecule has 0 unspecified atom stereocenters. The molecule has 0 radical (unpaired) electrons. The largest absolute Gasteiger partial charge is 0.497 e. The topological polar surface area (TPSA) is 86.6 Å². The van der Waals surface area contributed by atoms with Gasteiger partial charge < -0.3 is 14.0 Å². The maximum Gasteiger partial charge on any atom is 0.265 e. The highest BCUT2D eigenvalue weighted by Gasteiger charge is 2.21. The van der Waals surface area contributed by atoms with E-state index in [0.29, 0.717) is 5.75 Å². The first kappa shape index (κ1) is 15.9. The van der Waals surface area contributed by atoms with E-state index in [0.717, 1.165) is 0 Å². The number of hydrogen-bond donors (Lipinski definition) is 1. The Balaban J connectivity index is 2.45. The third kappa shape index (κ3) is 3.22. The minimum absolute atomic E-state index is 0.0526. The van der Waals surface area contributed by atoms with E-state index in [1.54, 1.807) is 6.07 Å². The molecule has 22 heavy (non-hydrogen) atoms. The summed E-state index contributed by atoms with van der Waals surface area (Å²) in [5, 5.41) is 0. The SMILES string of the molecule is COc1ccc(OC)c(S(=O)(=O)Nc2ccc(=O)n(C)c2)c1. The summed E-state index contributed by atoms with van der Waals surface area (Å²) in [6.07, 6.45) is 1.40. The molecule has 2 aromatic rings. The van der Waals surface area contributed by atoms with Crippen LogP contribution in [0, 0.1) is 0 Å². The highest BCUT2D eigenvalue weighted by Crippen LogP contribution is 2.29. The number of sulfonamides is 1. The number of nitrogens with one attached hydrogen (secondary N) is 1. The van der Waals surface area contributed by atoms with Gasteiger partial charge in [-0.25, -0.2) is 8.42 Å². The Morgan fingerprint density at radius 3 is 2.41 bits per heavy atom. The molecule has 1 aromatic carbocycles. The van der Waals surface area contributed by atoms with Crippen molar-refractivity contribution < 1.29 is 17.9 Å². The van der Waals surface area contributed by atoms with Gasteiger partial charge in [0.1, 0.15) is 16.4 Å². The van der Waals surface area contributed by atoms with Crippen LogP contribution in [0.3, 0.4) is 0 Å². The number of aryl methyl sites for hydroxylation is 1. The molecule has 1 N–H and O–H groups in total. The van der Waals surface area contributed by atoms with Crippen molar-refractivity contribution in [2.45, 2.75) is 4.90 Å². The molecule has 8 heteroatoms. The molecule has 0 fully saturated rings. The van der Waals surface area contributed by atoms with E-state index < -0.39 is 10.0 Å². The van der Waals surface area contributed by atoms with E-state index >= 15 is 0 Å². The number of pyridine rings is 1. The van der Waals surface area contributed by atoms with Crippen molar-refractivity contribution in [2.75, 3.05) is 18.9 Å². The van der Waals surface area contributed by atoms with E-state index in [1.807, 2.05) is 0 Å². The molecule has 0 saturated heterocycles. The van der Waals surface area contributed by atoms with Crippen LogP contribution >= 0.6 is 0 Å². The fraction of sp³-hybridized carbons (Fsp3) is 0.214. The van der Waals surface area contributed by atoms with Gasteiger partial charge >= 0.3 is 0 Å². The van der Waals surface area contributed by atoms with Crippen LogP contribution in [0.25, 0.3) is 0 Å². The van der Waals surface area contributed by atoms with Crippen molar-refractivity contribution in [3.05, 3.63) is 46.9 Å². The summed E-state index contributed by atoms with van der Waals surface area (Å²) in [5.74, 6) is 0.583. The minimum Gasteiger partial charge on any atom is -0.497 e. The van der Waals surface area contributed by atoms with Crippen molar-refractivity contribution in [3.63, 3.8) is 0 Å². The Morgan fingerprint density at radius 2 is 1.82 bits per heavy atom. The summed E-state index contributed by atoms with van der Waals surface area (Å²) < 4.78 is 38.8. The van der Waals surface area contributed by atoms with Gasteiger partial charge in [-0.15, -0.1) is 0 Å². The van der Waals surface area contributed by atoms with E-state index in [-0.39, 0.29) is 21.9 Å². The molecule has 118 valence electrons. The van der Waals surface area contributed by atoms with Crippen LogP contribution in [0.5, 0.6) is 11.5 Å². The van der Waals surface area contributed by atoms with Crippen molar-refractivity contribution in [3.8, 4) is 11.5 Å². The summed E-state index contributed by atoms with van der Waals surface area (Å²) in [7, 11) is 0.470. The van der Waals surface area contributed by atoms with Crippen molar-refractivity contribution in [2.24, 2.45) is 7.05 Å². The average Bonchev–Trinajstić information content (AvgIpc) is 2.50. The van der Waals surface area contributed by atoms with E-state index in [1.165, 1.54) is 56.3 Å². The molecule has 1 aromatic heterocycles. The summed E-state index contributed by atoms with van der Waals surface area (Å²) in [5.41, 5.74) is 0.0360. The van der Waals surface area contributed by atoms with Crippen LogP contribution < -0.4 is 19.8 Å². The average molecular weight is 324 g/mol. The van der Waals surface area contributed by atoms with Crippen LogP contribution in [-0.4, -0.2) is 27.2 Å². The number of methoxy groups -OCH3 is 2. The summed E-state index contributed by atoms with van der Waals surface area (Å²) in [4.78, 5) is 11.3. The molecule has 1 heterocycles. The number of nitrogens with zero attached hydrogens (tertiary/aromatic N) is 1. The molecule has 0 amide bonds. The molecule has 0 spiro atoms. The summed E-state index contributed by atoms with van der Waals surface area (Å²) in [6.45, 7) is 0. The zero-order valence-electron chi connectivity index (χ0n) is 12.4. The molecule has 0 aliphatic heterocycles. The van der Waals surface area contributed by atoms with Gasteiger partial charge in [-0.05, 0) is 18.2 Å². The first-order chi connectivity index (χ1) is 10.4. The molecule has 0 aliphatic rings. The highest BCUT2D eigenvalue weighted by atomic mass is 32.2. The van der Waals surface area contributed by atoms with Gasteiger partial charge in [-0.2, -0.15) is 0 Å². The van der Waals surface area contributed by atoms with Gasteiger partial charge in [0, 0.05) is 25.4 Å². The van der Waals surface area contributed by atoms with Crippen LogP contribution in [0.15, 0.2) is 46.2 Å².